The lowest BCUT2D eigenvalue weighted by Crippen LogP contribution is -2.26. The van der Waals surface area contributed by atoms with E-state index in [1.165, 1.54) is 16.1 Å². The fourth-order valence-electron chi connectivity index (χ4n) is 3.68. The van der Waals surface area contributed by atoms with Crippen LogP contribution in [0.4, 0.5) is 5.13 Å². The summed E-state index contributed by atoms with van der Waals surface area (Å²) in [4.78, 5) is 18.1. The van der Waals surface area contributed by atoms with Gasteiger partial charge in [-0.15, -0.1) is 11.3 Å². The van der Waals surface area contributed by atoms with Gasteiger partial charge in [-0.2, -0.15) is 5.10 Å². The SMILES string of the molecule is Cc1nn(CC(C)C)c(C)c1CCC(=O)Nc1ncc(C2CCNCC2)s1. The van der Waals surface area contributed by atoms with Crippen molar-refractivity contribution in [2.24, 2.45) is 5.92 Å². The van der Waals surface area contributed by atoms with Crippen molar-refractivity contribution in [2.45, 2.75) is 65.8 Å². The minimum atomic E-state index is 0.0246. The Morgan fingerprint density at radius 3 is 2.81 bits per heavy atom. The van der Waals surface area contributed by atoms with E-state index in [4.69, 9.17) is 0 Å². The zero-order chi connectivity index (χ0) is 19.4. The van der Waals surface area contributed by atoms with E-state index in [2.05, 4.69) is 46.2 Å². The normalized spacial score (nSPS) is 15.4. The van der Waals surface area contributed by atoms with Gasteiger partial charge in [-0.05, 0) is 63.6 Å². The first kappa shape index (κ1) is 20.0. The summed E-state index contributed by atoms with van der Waals surface area (Å²) in [5.74, 6) is 1.15. The van der Waals surface area contributed by atoms with Gasteiger partial charge >= 0.3 is 0 Å². The van der Waals surface area contributed by atoms with Crippen LogP contribution in [0, 0.1) is 19.8 Å². The molecular formula is C20H31N5OS. The van der Waals surface area contributed by atoms with Gasteiger partial charge in [0.15, 0.2) is 5.13 Å². The molecule has 148 valence electrons. The predicted octanol–water partition coefficient (Wildman–Crippen LogP) is 3.65. The van der Waals surface area contributed by atoms with E-state index in [0.29, 0.717) is 24.7 Å². The lowest BCUT2D eigenvalue weighted by atomic mass is 9.97. The number of aryl methyl sites for hydroxylation is 1. The zero-order valence-corrected chi connectivity index (χ0v) is 17.7. The van der Waals surface area contributed by atoms with Crippen molar-refractivity contribution >= 4 is 22.4 Å². The Hall–Kier alpha value is -1.73. The van der Waals surface area contributed by atoms with Crippen molar-refractivity contribution in [3.05, 3.63) is 28.0 Å². The van der Waals surface area contributed by atoms with Crippen molar-refractivity contribution in [3.8, 4) is 0 Å². The molecule has 0 atom stereocenters. The predicted molar refractivity (Wildman–Crippen MR) is 110 cm³/mol. The smallest absolute Gasteiger partial charge is 0.226 e. The first-order valence-electron chi connectivity index (χ1n) is 9.93. The van der Waals surface area contributed by atoms with E-state index < -0.39 is 0 Å². The number of carbonyl (C=O) groups excluding carboxylic acids is 1. The van der Waals surface area contributed by atoms with Gasteiger partial charge < -0.3 is 10.6 Å². The van der Waals surface area contributed by atoms with Crippen LogP contribution >= 0.6 is 11.3 Å². The average Bonchev–Trinajstić information content (AvgIpc) is 3.19. The highest BCUT2D eigenvalue weighted by Crippen LogP contribution is 2.31. The molecule has 3 rings (SSSR count). The van der Waals surface area contributed by atoms with Crippen molar-refractivity contribution in [1.29, 1.82) is 0 Å². The highest BCUT2D eigenvalue weighted by molar-refractivity contribution is 7.15. The highest BCUT2D eigenvalue weighted by Gasteiger charge is 2.19. The Labute approximate surface area is 165 Å². The summed E-state index contributed by atoms with van der Waals surface area (Å²) in [6.07, 6.45) is 5.40. The van der Waals surface area contributed by atoms with Crippen LogP contribution in [0.5, 0.6) is 0 Å². The van der Waals surface area contributed by atoms with Crippen LogP contribution in [0.1, 0.15) is 60.9 Å². The number of rotatable bonds is 7. The Morgan fingerprint density at radius 1 is 1.37 bits per heavy atom. The first-order valence-corrected chi connectivity index (χ1v) is 10.7. The van der Waals surface area contributed by atoms with E-state index in [0.717, 1.165) is 43.3 Å². The van der Waals surface area contributed by atoms with E-state index in [9.17, 15) is 4.79 Å². The number of nitrogens with zero attached hydrogens (tertiary/aromatic N) is 3. The standard InChI is InChI=1S/C20H31N5OS/c1-13(2)12-25-15(4)17(14(3)24-25)5-6-19(26)23-20-22-11-18(27-20)16-7-9-21-10-8-16/h11,13,16,21H,5-10,12H2,1-4H3,(H,22,23,26). The van der Waals surface area contributed by atoms with E-state index in [1.54, 1.807) is 11.3 Å². The maximum absolute atomic E-state index is 12.4. The number of hydrogen-bond donors (Lipinski definition) is 2. The van der Waals surface area contributed by atoms with Crippen LogP contribution in [0.2, 0.25) is 0 Å². The molecule has 0 unspecified atom stereocenters. The summed E-state index contributed by atoms with van der Waals surface area (Å²) >= 11 is 1.62. The topological polar surface area (TPSA) is 71.8 Å². The summed E-state index contributed by atoms with van der Waals surface area (Å²) in [5, 5.41) is 11.7. The molecule has 0 saturated carbocycles. The van der Waals surface area contributed by atoms with Crippen LogP contribution in [0.15, 0.2) is 6.20 Å². The molecule has 6 nitrogen and oxygen atoms in total. The molecule has 0 aromatic carbocycles. The van der Waals surface area contributed by atoms with Crippen LogP contribution in [-0.2, 0) is 17.8 Å². The molecule has 7 heteroatoms. The maximum Gasteiger partial charge on any atom is 0.226 e. The second-order valence-corrected chi connectivity index (χ2v) is 8.93. The lowest BCUT2D eigenvalue weighted by Gasteiger charge is -2.20. The quantitative estimate of drug-likeness (QED) is 0.758. The van der Waals surface area contributed by atoms with Gasteiger partial charge in [0.25, 0.3) is 0 Å². The molecule has 1 saturated heterocycles. The molecule has 1 aliphatic heterocycles. The Bertz CT molecular complexity index is 773. The second kappa shape index (κ2) is 8.97. The number of anilines is 1. The molecule has 0 spiro atoms. The van der Waals surface area contributed by atoms with E-state index in [-0.39, 0.29) is 5.91 Å². The summed E-state index contributed by atoms with van der Waals surface area (Å²) < 4.78 is 2.07. The monoisotopic (exact) mass is 389 g/mol. The van der Waals surface area contributed by atoms with Gasteiger partial charge in [-0.3, -0.25) is 9.48 Å². The first-order chi connectivity index (χ1) is 12.9. The summed E-state index contributed by atoms with van der Waals surface area (Å²) in [7, 11) is 0. The second-order valence-electron chi connectivity index (χ2n) is 7.87. The van der Waals surface area contributed by atoms with Crippen molar-refractivity contribution in [2.75, 3.05) is 18.4 Å². The Balaban J connectivity index is 1.54. The molecule has 1 aliphatic rings. The molecule has 0 bridgehead atoms. The van der Waals surface area contributed by atoms with E-state index >= 15 is 0 Å². The molecular weight excluding hydrogens is 358 g/mol. The van der Waals surface area contributed by atoms with Gasteiger partial charge in [0.05, 0.1) is 5.69 Å². The lowest BCUT2D eigenvalue weighted by molar-refractivity contribution is -0.116. The van der Waals surface area contributed by atoms with Gasteiger partial charge in [-0.25, -0.2) is 4.98 Å². The summed E-state index contributed by atoms with van der Waals surface area (Å²) in [6.45, 7) is 11.6. The molecule has 3 heterocycles. The number of amides is 1. The Kier molecular flexibility index (Phi) is 6.65. The van der Waals surface area contributed by atoms with Crippen LogP contribution in [0.25, 0.3) is 0 Å². The highest BCUT2D eigenvalue weighted by atomic mass is 32.1. The molecule has 2 aromatic rings. The minimum absolute atomic E-state index is 0.0246. The number of piperidine rings is 1. The molecule has 27 heavy (non-hydrogen) atoms. The number of aromatic nitrogens is 3. The summed E-state index contributed by atoms with van der Waals surface area (Å²) in [5.41, 5.74) is 3.40. The molecule has 2 N–H and O–H groups in total. The third-order valence-electron chi connectivity index (χ3n) is 5.18. The van der Waals surface area contributed by atoms with Crippen LogP contribution in [-0.4, -0.2) is 33.8 Å². The molecule has 1 fully saturated rings. The molecule has 1 amide bonds. The Morgan fingerprint density at radius 2 is 2.11 bits per heavy atom. The van der Waals surface area contributed by atoms with Crippen molar-refractivity contribution in [3.63, 3.8) is 0 Å². The van der Waals surface area contributed by atoms with Crippen LogP contribution < -0.4 is 10.6 Å². The largest absolute Gasteiger partial charge is 0.317 e. The summed E-state index contributed by atoms with van der Waals surface area (Å²) in [6, 6.07) is 0. The third-order valence-corrected chi connectivity index (χ3v) is 6.26. The third kappa shape index (κ3) is 5.17. The van der Waals surface area contributed by atoms with E-state index in [1.807, 2.05) is 13.1 Å². The van der Waals surface area contributed by atoms with Gasteiger partial charge in [0, 0.05) is 29.7 Å². The van der Waals surface area contributed by atoms with Crippen molar-refractivity contribution < 1.29 is 4.79 Å². The zero-order valence-electron chi connectivity index (χ0n) is 16.8. The molecule has 0 radical (unpaired) electrons. The average molecular weight is 390 g/mol. The molecule has 2 aromatic heterocycles. The minimum Gasteiger partial charge on any atom is -0.317 e. The van der Waals surface area contributed by atoms with Gasteiger partial charge in [-0.1, -0.05) is 13.8 Å². The number of nitrogens with one attached hydrogen (secondary N) is 2. The fraction of sp³-hybridized carbons (Fsp3) is 0.650. The van der Waals surface area contributed by atoms with Crippen LogP contribution in [0.3, 0.4) is 0 Å². The number of carbonyl (C=O) groups is 1. The maximum atomic E-state index is 12.4. The van der Waals surface area contributed by atoms with Gasteiger partial charge in [0.1, 0.15) is 0 Å². The number of thiazole rings is 1. The fourth-order valence-corrected chi connectivity index (χ4v) is 4.68. The van der Waals surface area contributed by atoms with Gasteiger partial charge in [0.2, 0.25) is 5.91 Å². The molecule has 0 aliphatic carbocycles. The number of hydrogen-bond acceptors (Lipinski definition) is 5. The van der Waals surface area contributed by atoms with Crippen molar-refractivity contribution in [1.82, 2.24) is 20.1 Å².